The highest BCUT2D eigenvalue weighted by Gasteiger charge is 2.17. The summed E-state index contributed by atoms with van der Waals surface area (Å²) in [5.74, 6) is -1.04. The summed E-state index contributed by atoms with van der Waals surface area (Å²) in [6, 6.07) is 10.3. The number of amides is 2. The van der Waals surface area contributed by atoms with Crippen molar-refractivity contribution in [2.75, 3.05) is 18.5 Å². The summed E-state index contributed by atoms with van der Waals surface area (Å²) in [7, 11) is 0. The SMILES string of the molecule is CCCCNC(=O)Oc1cc(OCC)ccc1C(=O)Nc1ccc(C(=O)O)cc1. The maximum absolute atomic E-state index is 12.7. The number of aromatic carboxylic acids is 1. The van der Waals surface area contributed by atoms with Gasteiger partial charge in [0.2, 0.25) is 0 Å². The number of hydrogen-bond acceptors (Lipinski definition) is 5. The molecule has 2 amide bonds. The van der Waals surface area contributed by atoms with Gasteiger partial charge < -0.3 is 25.2 Å². The molecule has 0 aliphatic heterocycles. The van der Waals surface area contributed by atoms with Gasteiger partial charge in [-0.3, -0.25) is 4.79 Å². The van der Waals surface area contributed by atoms with E-state index in [0.29, 0.717) is 24.6 Å². The van der Waals surface area contributed by atoms with Gasteiger partial charge in [-0.15, -0.1) is 0 Å². The molecule has 0 spiro atoms. The van der Waals surface area contributed by atoms with E-state index in [2.05, 4.69) is 10.6 Å². The van der Waals surface area contributed by atoms with E-state index in [1.807, 2.05) is 13.8 Å². The molecule has 0 unspecified atom stereocenters. The summed E-state index contributed by atoms with van der Waals surface area (Å²) in [6.07, 6.45) is 1.08. The molecule has 8 nitrogen and oxygen atoms in total. The minimum Gasteiger partial charge on any atom is -0.494 e. The van der Waals surface area contributed by atoms with Crippen LogP contribution in [0.25, 0.3) is 0 Å². The van der Waals surface area contributed by atoms with Gasteiger partial charge >= 0.3 is 12.1 Å². The number of carboxylic acids is 1. The molecule has 8 heteroatoms. The van der Waals surface area contributed by atoms with E-state index in [4.69, 9.17) is 14.6 Å². The molecule has 29 heavy (non-hydrogen) atoms. The molecule has 0 atom stereocenters. The quantitative estimate of drug-likeness (QED) is 0.550. The molecule has 0 heterocycles. The molecule has 0 aromatic heterocycles. The van der Waals surface area contributed by atoms with E-state index in [1.54, 1.807) is 6.07 Å². The fourth-order valence-electron chi connectivity index (χ4n) is 2.43. The second kappa shape index (κ2) is 10.7. The van der Waals surface area contributed by atoms with E-state index in [0.717, 1.165) is 12.8 Å². The summed E-state index contributed by atoms with van der Waals surface area (Å²) in [6.45, 7) is 4.71. The Morgan fingerprint density at radius 2 is 1.76 bits per heavy atom. The first-order chi connectivity index (χ1) is 13.9. The van der Waals surface area contributed by atoms with Gasteiger partial charge in [0.05, 0.1) is 17.7 Å². The summed E-state index contributed by atoms with van der Waals surface area (Å²) in [5, 5.41) is 14.2. The lowest BCUT2D eigenvalue weighted by molar-refractivity contribution is 0.0696. The number of carboxylic acid groups (broad SMARTS) is 1. The van der Waals surface area contributed by atoms with Crippen molar-refractivity contribution in [2.24, 2.45) is 0 Å². The third-order valence-corrected chi connectivity index (χ3v) is 3.90. The lowest BCUT2D eigenvalue weighted by Gasteiger charge is -2.13. The van der Waals surface area contributed by atoms with E-state index in [1.165, 1.54) is 36.4 Å². The van der Waals surface area contributed by atoms with Crippen molar-refractivity contribution in [2.45, 2.75) is 26.7 Å². The zero-order chi connectivity index (χ0) is 21.2. The van der Waals surface area contributed by atoms with Crippen molar-refractivity contribution >= 4 is 23.7 Å². The van der Waals surface area contributed by atoms with Gasteiger partial charge in [-0.25, -0.2) is 9.59 Å². The smallest absolute Gasteiger partial charge is 0.412 e. The number of unbranched alkanes of at least 4 members (excludes halogenated alkanes) is 1. The number of benzene rings is 2. The van der Waals surface area contributed by atoms with Gasteiger partial charge in [0.25, 0.3) is 5.91 Å². The van der Waals surface area contributed by atoms with Gasteiger partial charge in [-0.1, -0.05) is 13.3 Å². The fourth-order valence-corrected chi connectivity index (χ4v) is 2.43. The Kier molecular flexibility index (Phi) is 8.02. The molecular formula is C21H24N2O6. The van der Waals surface area contributed by atoms with Crippen LogP contribution in [-0.2, 0) is 0 Å². The predicted molar refractivity (Wildman–Crippen MR) is 108 cm³/mol. The van der Waals surface area contributed by atoms with Gasteiger partial charge in [0.15, 0.2) is 0 Å². The number of hydrogen-bond donors (Lipinski definition) is 3. The van der Waals surface area contributed by atoms with Crippen LogP contribution >= 0.6 is 0 Å². The molecular weight excluding hydrogens is 376 g/mol. The fraction of sp³-hybridized carbons (Fsp3) is 0.286. The topological polar surface area (TPSA) is 114 Å². The van der Waals surface area contributed by atoms with E-state index in [9.17, 15) is 14.4 Å². The molecule has 0 saturated carbocycles. The van der Waals surface area contributed by atoms with Gasteiger partial charge in [0, 0.05) is 18.3 Å². The van der Waals surface area contributed by atoms with Crippen LogP contribution in [0, 0.1) is 0 Å². The molecule has 0 bridgehead atoms. The third kappa shape index (κ3) is 6.53. The van der Waals surface area contributed by atoms with E-state index >= 15 is 0 Å². The van der Waals surface area contributed by atoms with Crippen LogP contribution in [0.15, 0.2) is 42.5 Å². The highest BCUT2D eigenvalue weighted by atomic mass is 16.6. The number of ether oxygens (including phenoxy) is 2. The first-order valence-corrected chi connectivity index (χ1v) is 9.31. The summed E-state index contributed by atoms with van der Waals surface area (Å²) in [4.78, 5) is 35.6. The zero-order valence-electron chi connectivity index (χ0n) is 16.4. The van der Waals surface area contributed by atoms with Crippen LogP contribution in [0.4, 0.5) is 10.5 Å². The molecule has 3 N–H and O–H groups in total. The number of anilines is 1. The Morgan fingerprint density at radius 3 is 2.38 bits per heavy atom. The normalized spacial score (nSPS) is 10.1. The van der Waals surface area contributed by atoms with Crippen LogP contribution in [0.5, 0.6) is 11.5 Å². The Hall–Kier alpha value is -3.55. The summed E-state index contributed by atoms with van der Waals surface area (Å²) in [5.41, 5.74) is 0.658. The maximum atomic E-state index is 12.7. The zero-order valence-corrected chi connectivity index (χ0v) is 16.4. The Bertz CT molecular complexity index is 864. The van der Waals surface area contributed by atoms with Gasteiger partial charge in [0.1, 0.15) is 11.5 Å². The molecule has 154 valence electrons. The number of carbonyl (C=O) groups excluding carboxylic acids is 2. The molecule has 2 aromatic rings. The van der Waals surface area contributed by atoms with Gasteiger partial charge in [-0.2, -0.15) is 0 Å². The van der Waals surface area contributed by atoms with Crippen molar-refractivity contribution in [3.8, 4) is 11.5 Å². The molecule has 0 aliphatic carbocycles. The van der Waals surface area contributed by atoms with Crippen molar-refractivity contribution in [1.29, 1.82) is 0 Å². The first kappa shape index (κ1) is 21.7. The van der Waals surface area contributed by atoms with Crippen molar-refractivity contribution in [1.82, 2.24) is 5.32 Å². The minimum absolute atomic E-state index is 0.0598. The van der Waals surface area contributed by atoms with Crippen LogP contribution in [0.2, 0.25) is 0 Å². The maximum Gasteiger partial charge on any atom is 0.412 e. The number of nitrogens with one attached hydrogen (secondary N) is 2. The Labute approximate surface area is 168 Å². The van der Waals surface area contributed by atoms with Crippen LogP contribution in [0.1, 0.15) is 47.4 Å². The van der Waals surface area contributed by atoms with Crippen molar-refractivity contribution in [3.05, 3.63) is 53.6 Å². The summed E-state index contributed by atoms with van der Waals surface area (Å²) < 4.78 is 10.7. The monoisotopic (exact) mass is 400 g/mol. The lowest BCUT2D eigenvalue weighted by atomic mass is 10.1. The van der Waals surface area contributed by atoms with Crippen LogP contribution in [-0.4, -0.2) is 36.2 Å². The Morgan fingerprint density at radius 1 is 1.03 bits per heavy atom. The molecule has 0 saturated heterocycles. The second-order valence-electron chi connectivity index (χ2n) is 6.10. The molecule has 0 aliphatic rings. The first-order valence-electron chi connectivity index (χ1n) is 9.31. The van der Waals surface area contributed by atoms with E-state index in [-0.39, 0.29) is 16.9 Å². The molecule has 0 fully saturated rings. The highest BCUT2D eigenvalue weighted by Crippen LogP contribution is 2.26. The standard InChI is InChI=1S/C21H24N2O6/c1-3-5-12-22-21(27)29-18-13-16(28-4-2)10-11-17(18)19(24)23-15-8-6-14(7-9-15)20(25)26/h6-11,13H,3-5,12H2,1-2H3,(H,22,27)(H,23,24)(H,25,26). The van der Waals surface area contributed by atoms with Crippen LogP contribution < -0.4 is 20.1 Å². The molecule has 0 radical (unpaired) electrons. The van der Waals surface area contributed by atoms with Crippen molar-refractivity contribution < 1.29 is 29.0 Å². The highest BCUT2D eigenvalue weighted by molar-refractivity contribution is 6.06. The average molecular weight is 400 g/mol. The number of carbonyl (C=O) groups is 3. The van der Waals surface area contributed by atoms with Crippen molar-refractivity contribution in [3.63, 3.8) is 0 Å². The van der Waals surface area contributed by atoms with Gasteiger partial charge in [-0.05, 0) is 49.7 Å². The lowest BCUT2D eigenvalue weighted by Crippen LogP contribution is -2.28. The Balaban J connectivity index is 2.19. The summed E-state index contributed by atoms with van der Waals surface area (Å²) >= 11 is 0. The largest absolute Gasteiger partial charge is 0.494 e. The average Bonchev–Trinajstić information content (AvgIpc) is 2.69. The van der Waals surface area contributed by atoms with Crippen LogP contribution in [0.3, 0.4) is 0 Å². The minimum atomic E-state index is -1.06. The molecule has 2 rings (SSSR count). The third-order valence-electron chi connectivity index (χ3n) is 3.90. The predicted octanol–water partition coefficient (Wildman–Crippen LogP) is 3.92. The van der Waals surface area contributed by atoms with E-state index < -0.39 is 18.0 Å². The number of rotatable bonds is 9. The molecule has 2 aromatic carbocycles. The second-order valence-corrected chi connectivity index (χ2v) is 6.10.